The quantitative estimate of drug-likeness (QED) is 0.404. The second-order valence-corrected chi connectivity index (χ2v) is 8.85. The highest BCUT2D eigenvalue weighted by Crippen LogP contribution is 2.30. The van der Waals surface area contributed by atoms with Crippen molar-refractivity contribution >= 4 is 6.09 Å². The number of pyridine rings is 1. The Morgan fingerprint density at radius 1 is 0.882 bits per heavy atom. The molecule has 2 aromatic carbocycles. The number of carbonyl (C=O) groups is 1. The molecule has 3 aromatic rings. The molecular weight excluding hydrogens is 424 g/mol. The third-order valence-electron chi connectivity index (χ3n) is 6.20. The average molecular weight is 461 g/mol. The second-order valence-electron chi connectivity index (χ2n) is 8.85. The van der Waals surface area contributed by atoms with Crippen LogP contribution in [0.1, 0.15) is 64.6 Å². The summed E-state index contributed by atoms with van der Waals surface area (Å²) in [6.07, 6.45) is 4.32. The summed E-state index contributed by atoms with van der Waals surface area (Å²) in [6, 6.07) is 23.9. The van der Waals surface area contributed by atoms with E-state index in [0.717, 1.165) is 42.5 Å². The molecule has 1 fully saturated rings. The number of cyclic esters (lactones) is 1. The predicted octanol–water partition coefficient (Wildman–Crippen LogP) is 6.85. The molecule has 1 aromatic heterocycles. The van der Waals surface area contributed by atoms with Crippen LogP contribution in [-0.4, -0.2) is 28.2 Å². The topological polar surface area (TPSA) is 51.5 Å². The average Bonchev–Trinajstić information content (AvgIpc) is 2.87. The maximum absolute atomic E-state index is 12.4. The number of carbonyl (C=O) groups excluding carboxylic acids is 1. The Hall–Kier alpha value is -3.34. The van der Waals surface area contributed by atoms with Gasteiger partial charge in [0.15, 0.2) is 0 Å². The van der Waals surface area contributed by atoms with Gasteiger partial charge in [0.1, 0.15) is 6.10 Å². The van der Waals surface area contributed by atoms with E-state index in [1.54, 1.807) is 10.6 Å². The number of benzene rings is 2. The van der Waals surface area contributed by atoms with Crippen LogP contribution in [0.3, 0.4) is 0 Å². The number of ether oxygens (including phenoxy) is 1. The van der Waals surface area contributed by atoms with Gasteiger partial charge in [-0.3, -0.25) is 4.79 Å². The molecule has 0 aliphatic carbocycles. The maximum Gasteiger partial charge on any atom is 0.410 e. The Morgan fingerprint density at radius 2 is 1.47 bits per heavy atom. The van der Waals surface area contributed by atoms with E-state index in [1.165, 1.54) is 0 Å². The number of hydrogen-bond acceptors (Lipinski definition) is 3. The summed E-state index contributed by atoms with van der Waals surface area (Å²) >= 11 is 0. The van der Waals surface area contributed by atoms with Crippen molar-refractivity contribution in [1.29, 1.82) is 0 Å². The lowest BCUT2D eigenvalue weighted by Crippen LogP contribution is -2.43. The van der Waals surface area contributed by atoms with Gasteiger partial charge in [-0.15, -0.1) is 0 Å². The summed E-state index contributed by atoms with van der Waals surface area (Å²) in [5.74, 6) is 0. The summed E-state index contributed by atoms with van der Waals surface area (Å²) in [5, 5.41) is 0. The first-order valence-electron chi connectivity index (χ1n) is 12.2. The van der Waals surface area contributed by atoms with E-state index in [2.05, 4.69) is 31.2 Å². The summed E-state index contributed by atoms with van der Waals surface area (Å²) in [6.45, 7) is 8.88. The highest BCUT2D eigenvalue weighted by Gasteiger charge is 2.31. The van der Waals surface area contributed by atoms with E-state index >= 15 is 0 Å². The van der Waals surface area contributed by atoms with Crippen LogP contribution in [-0.2, 0) is 4.74 Å². The van der Waals surface area contributed by atoms with E-state index in [0.29, 0.717) is 0 Å². The van der Waals surface area contributed by atoms with E-state index < -0.39 is 0 Å². The minimum atomic E-state index is -0.210. The van der Waals surface area contributed by atoms with Crippen molar-refractivity contribution in [3.8, 4) is 11.1 Å². The van der Waals surface area contributed by atoms with Crippen molar-refractivity contribution in [2.75, 3.05) is 6.54 Å². The zero-order valence-corrected chi connectivity index (χ0v) is 20.7. The maximum atomic E-state index is 12.4. The van der Waals surface area contributed by atoms with E-state index in [-0.39, 0.29) is 29.8 Å². The zero-order chi connectivity index (χ0) is 24.5. The van der Waals surface area contributed by atoms with Gasteiger partial charge in [-0.25, -0.2) is 4.79 Å². The highest BCUT2D eigenvalue weighted by atomic mass is 16.6. The fraction of sp³-hybridized carbons (Fsp3) is 0.379. The first kappa shape index (κ1) is 25.3. The summed E-state index contributed by atoms with van der Waals surface area (Å²) < 4.78 is 7.29. The molecular formula is C29H36N2O3. The number of hydrogen-bond donors (Lipinski definition) is 0. The van der Waals surface area contributed by atoms with Gasteiger partial charge < -0.3 is 14.2 Å². The van der Waals surface area contributed by atoms with Crippen molar-refractivity contribution in [3.05, 3.63) is 94.9 Å². The minimum Gasteiger partial charge on any atom is -0.446 e. The largest absolute Gasteiger partial charge is 0.446 e. The molecule has 5 nitrogen and oxygen atoms in total. The molecule has 2 unspecified atom stereocenters. The molecule has 4 rings (SSSR count). The van der Waals surface area contributed by atoms with Crippen LogP contribution >= 0.6 is 0 Å². The Kier molecular flexibility index (Phi) is 9.08. The number of aromatic nitrogens is 1. The van der Waals surface area contributed by atoms with E-state index in [4.69, 9.17) is 4.74 Å². The standard InChI is InChI=1S/C23H30N2O3.C6H6/c1-5-20-13-14-24(23(27)28-20)21(6-2)18-9-7-17(8-10-18)19-11-12-22(26)25(15-19)16(3)4;1-2-4-6-5-3-1/h7-12,15-16,20-21H,5-6,13-14H2,1-4H3;1-6H. The lowest BCUT2D eigenvalue weighted by molar-refractivity contribution is 0.00884. The number of amides is 1. The molecule has 5 heteroatoms. The highest BCUT2D eigenvalue weighted by molar-refractivity contribution is 5.69. The van der Waals surface area contributed by atoms with Gasteiger partial charge in [-0.2, -0.15) is 0 Å². The van der Waals surface area contributed by atoms with Crippen LogP contribution in [0.2, 0.25) is 0 Å². The molecule has 0 saturated carbocycles. The second kappa shape index (κ2) is 12.2. The van der Waals surface area contributed by atoms with Crippen LogP contribution in [0.4, 0.5) is 4.79 Å². The Labute approximate surface area is 203 Å². The predicted molar refractivity (Wildman–Crippen MR) is 138 cm³/mol. The Morgan fingerprint density at radius 3 is 1.97 bits per heavy atom. The molecule has 1 saturated heterocycles. The van der Waals surface area contributed by atoms with E-state index in [1.807, 2.05) is 74.3 Å². The van der Waals surface area contributed by atoms with Gasteiger partial charge in [0, 0.05) is 31.3 Å². The van der Waals surface area contributed by atoms with Crippen molar-refractivity contribution in [2.24, 2.45) is 0 Å². The molecule has 1 aliphatic heterocycles. The fourth-order valence-corrected chi connectivity index (χ4v) is 4.21. The van der Waals surface area contributed by atoms with Gasteiger partial charge >= 0.3 is 6.09 Å². The van der Waals surface area contributed by atoms with Crippen LogP contribution in [0.5, 0.6) is 0 Å². The molecule has 2 heterocycles. The number of nitrogens with zero attached hydrogens (tertiary/aromatic N) is 2. The Balaban J connectivity index is 0.000000469. The van der Waals surface area contributed by atoms with Gasteiger partial charge in [-0.1, -0.05) is 74.5 Å². The van der Waals surface area contributed by atoms with Crippen molar-refractivity contribution in [1.82, 2.24) is 9.47 Å². The molecule has 0 spiro atoms. The van der Waals surface area contributed by atoms with Gasteiger partial charge in [0.25, 0.3) is 5.56 Å². The minimum absolute atomic E-state index is 0.00964. The molecule has 180 valence electrons. The monoisotopic (exact) mass is 460 g/mol. The van der Waals surface area contributed by atoms with Gasteiger partial charge in [-0.05, 0) is 49.4 Å². The lowest BCUT2D eigenvalue weighted by Gasteiger charge is -2.36. The third kappa shape index (κ3) is 6.37. The van der Waals surface area contributed by atoms with Gasteiger partial charge in [0.2, 0.25) is 0 Å². The molecule has 34 heavy (non-hydrogen) atoms. The third-order valence-corrected chi connectivity index (χ3v) is 6.20. The smallest absolute Gasteiger partial charge is 0.410 e. The van der Waals surface area contributed by atoms with Crippen molar-refractivity contribution in [3.63, 3.8) is 0 Å². The van der Waals surface area contributed by atoms with Crippen molar-refractivity contribution in [2.45, 2.75) is 65.1 Å². The van der Waals surface area contributed by atoms with Gasteiger partial charge in [0.05, 0.1) is 6.04 Å². The van der Waals surface area contributed by atoms with E-state index in [9.17, 15) is 9.59 Å². The first-order valence-corrected chi connectivity index (χ1v) is 12.2. The van der Waals surface area contributed by atoms with Crippen LogP contribution in [0.15, 0.2) is 83.8 Å². The molecule has 0 bridgehead atoms. The molecule has 0 radical (unpaired) electrons. The summed E-state index contributed by atoms with van der Waals surface area (Å²) in [7, 11) is 0. The van der Waals surface area contributed by atoms with Crippen LogP contribution < -0.4 is 5.56 Å². The zero-order valence-electron chi connectivity index (χ0n) is 20.7. The van der Waals surface area contributed by atoms with Crippen LogP contribution in [0, 0.1) is 0 Å². The summed E-state index contributed by atoms with van der Waals surface area (Å²) in [4.78, 5) is 26.3. The molecule has 2 atom stereocenters. The van der Waals surface area contributed by atoms with Crippen LogP contribution in [0.25, 0.3) is 11.1 Å². The Bertz CT molecular complexity index is 1060. The lowest BCUT2D eigenvalue weighted by atomic mass is 9.98. The van der Waals surface area contributed by atoms with Crippen molar-refractivity contribution < 1.29 is 9.53 Å². The molecule has 1 aliphatic rings. The molecule has 1 amide bonds. The normalized spacial score (nSPS) is 16.4. The fourth-order valence-electron chi connectivity index (χ4n) is 4.21. The SMILES string of the molecule is CCC1CCN(C(CC)c2ccc(-c3ccc(=O)n(C(C)C)c3)cc2)C(=O)O1.c1ccccc1. The summed E-state index contributed by atoms with van der Waals surface area (Å²) in [5.41, 5.74) is 3.18. The first-order chi connectivity index (χ1) is 16.4. The number of rotatable bonds is 6. The molecule has 0 N–H and O–H groups in total.